The maximum Gasteiger partial charge on any atom is 0.219 e. The smallest absolute Gasteiger partial charge is 0.219 e. The van der Waals surface area contributed by atoms with E-state index < -0.39 is 36.6 Å². The molecule has 1 heterocycles. The van der Waals surface area contributed by atoms with Crippen LogP contribution in [-0.2, 0) is 9.53 Å². The standard InChI is InChI=1S/C8H14NO6/c1-4(11)9-8(14)3-15-5(2-10)6(12)7(8)13/h3,5-7,10,12-14H,2H2,1H3,(H,9,11)/t5-,6-,7+,8+/m1/s1. The molecular weight excluding hydrogens is 206 g/mol. The molecule has 7 heteroatoms. The number of hydrogen-bond donors (Lipinski definition) is 5. The summed E-state index contributed by atoms with van der Waals surface area (Å²) in [6, 6.07) is 0. The Hall–Kier alpha value is -0.730. The third-order valence-corrected chi connectivity index (χ3v) is 2.13. The summed E-state index contributed by atoms with van der Waals surface area (Å²) < 4.78 is 4.78. The van der Waals surface area contributed by atoms with Gasteiger partial charge in [0.1, 0.15) is 24.9 Å². The zero-order valence-corrected chi connectivity index (χ0v) is 8.12. The number of aliphatic hydroxyl groups excluding tert-OH is 3. The molecule has 0 aliphatic carbocycles. The van der Waals surface area contributed by atoms with Crippen molar-refractivity contribution in [1.82, 2.24) is 5.32 Å². The first-order valence-corrected chi connectivity index (χ1v) is 4.38. The maximum absolute atomic E-state index is 10.7. The lowest BCUT2D eigenvalue weighted by Crippen LogP contribution is -2.66. The van der Waals surface area contributed by atoms with E-state index in [-0.39, 0.29) is 0 Å². The predicted molar refractivity (Wildman–Crippen MR) is 47.0 cm³/mol. The molecule has 1 aliphatic heterocycles. The van der Waals surface area contributed by atoms with Crippen molar-refractivity contribution < 1.29 is 30.0 Å². The van der Waals surface area contributed by atoms with Gasteiger partial charge in [0.15, 0.2) is 5.72 Å². The highest BCUT2D eigenvalue weighted by molar-refractivity contribution is 5.73. The zero-order chi connectivity index (χ0) is 11.6. The van der Waals surface area contributed by atoms with E-state index in [2.05, 4.69) is 0 Å². The molecule has 0 aromatic carbocycles. The Bertz CT molecular complexity index is 247. The van der Waals surface area contributed by atoms with Gasteiger partial charge < -0.3 is 30.5 Å². The van der Waals surface area contributed by atoms with Gasteiger partial charge in [-0.3, -0.25) is 4.79 Å². The molecule has 0 spiro atoms. The fourth-order valence-corrected chi connectivity index (χ4v) is 1.34. The topological polar surface area (TPSA) is 119 Å². The fourth-order valence-electron chi connectivity index (χ4n) is 1.34. The third kappa shape index (κ3) is 2.44. The minimum atomic E-state index is -2.14. The number of hydrogen-bond acceptors (Lipinski definition) is 6. The molecule has 5 N–H and O–H groups in total. The number of carbonyl (C=O) groups excluding carboxylic acids is 1. The molecular formula is C8H14NO6. The first-order chi connectivity index (χ1) is 6.90. The van der Waals surface area contributed by atoms with Crippen molar-refractivity contribution >= 4 is 5.91 Å². The van der Waals surface area contributed by atoms with Gasteiger partial charge in [0.05, 0.1) is 6.61 Å². The van der Waals surface area contributed by atoms with E-state index in [0.29, 0.717) is 0 Å². The Kier molecular flexibility index (Phi) is 3.63. The molecule has 87 valence electrons. The van der Waals surface area contributed by atoms with E-state index in [4.69, 9.17) is 9.84 Å². The normalized spacial score (nSPS) is 41.3. The third-order valence-electron chi connectivity index (χ3n) is 2.13. The van der Waals surface area contributed by atoms with Crippen LogP contribution in [0.4, 0.5) is 0 Å². The summed E-state index contributed by atoms with van der Waals surface area (Å²) in [6.07, 6.45) is -4.17. The fraction of sp³-hybridized carbons (Fsp3) is 0.750. The Labute approximate surface area is 86.3 Å². The second-order valence-electron chi connectivity index (χ2n) is 3.42. The van der Waals surface area contributed by atoms with Gasteiger partial charge in [-0.25, -0.2) is 0 Å². The lowest BCUT2D eigenvalue weighted by atomic mass is 9.95. The minimum Gasteiger partial charge on any atom is -0.394 e. The van der Waals surface area contributed by atoms with E-state index in [1.165, 1.54) is 0 Å². The average Bonchev–Trinajstić information content (AvgIpc) is 2.14. The Morgan fingerprint density at radius 1 is 1.60 bits per heavy atom. The first-order valence-electron chi connectivity index (χ1n) is 4.38. The Morgan fingerprint density at radius 3 is 2.67 bits per heavy atom. The van der Waals surface area contributed by atoms with Gasteiger partial charge in [-0.1, -0.05) is 0 Å². The van der Waals surface area contributed by atoms with Crippen molar-refractivity contribution in [2.45, 2.75) is 31.0 Å². The van der Waals surface area contributed by atoms with Gasteiger partial charge in [-0.05, 0) is 0 Å². The summed E-state index contributed by atoms with van der Waals surface area (Å²) in [7, 11) is 0. The van der Waals surface area contributed by atoms with Crippen LogP contribution in [0.1, 0.15) is 6.92 Å². The van der Waals surface area contributed by atoms with Gasteiger partial charge in [-0.15, -0.1) is 0 Å². The molecule has 1 rings (SSSR count). The molecule has 1 aliphatic rings. The molecule has 0 aromatic rings. The number of nitrogens with one attached hydrogen (secondary N) is 1. The van der Waals surface area contributed by atoms with E-state index in [1.54, 1.807) is 0 Å². The molecule has 15 heavy (non-hydrogen) atoms. The first kappa shape index (κ1) is 12.3. The van der Waals surface area contributed by atoms with Crippen LogP contribution in [0.15, 0.2) is 0 Å². The molecule has 4 atom stereocenters. The number of amides is 1. The van der Waals surface area contributed by atoms with Crippen LogP contribution >= 0.6 is 0 Å². The van der Waals surface area contributed by atoms with Crippen LogP contribution in [0.25, 0.3) is 0 Å². The second kappa shape index (κ2) is 4.42. The molecule has 7 nitrogen and oxygen atoms in total. The van der Waals surface area contributed by atoms with Gasteiger partial charge in [0, 0.05) is 6.92 Å². The second-order valence-corrected chi connectivity index (χ2v) is 3.42. The lowest BCUT2D eigenvalue weighted by Gasteiger charge is -2.42. The Morgan fingerprint density at radius 2 is 2.20 bits per heavy atom. The molecule has 1 saturated heterocycles. The van der Waals surface area contributed by atoms with Gasteiger partial charge in [0.2, 0.25) is 5.91 Å². The number of carbonyl (C=O) groups is 1. The molecule has 1 amide bonds. The number of aliphatic hydroxyl groups is 4. The van der Waals surface area contributed by atoms with Crippen molar-refractivity contribution in [3.63, 3.8) is 0 Å². The highest BCUT2D eigenvalue weighted by Crippen LogP contribution is 2.25. The molecule has 0 aromatic heterocycles. The summed E-state index contributed by atoms with van der Waals surface area (Å²) in [5.74, 6) is -0.592. The SMILES string of the molecule is CC(=O)N[C@]1(O)[CH]O[C@H](CO)[C@@H](O)[C@@H]1O. The van der Waals surface area contributed by atoms with Crippen molar-refractivity contribution in [1.29, 1.82) is 0 Å². The van der Waals surface area contributed by atoms with Crippen LogP contribution in [0.2, 0.25) is 0 Å². The average molecular weight is 220 g/mol. The molecule has 0 unspecified atom stereocenters. The minimum absolute atomic E-state index is 0.509. The van der Waals surface area contributed by atoms with Crippen LogP contribution in [0, 0.1) is 6.61 Å². The summed E-state index contributed by atoms with van der Waals surface area (Å²) >= 11 is 0. The van der Waals surface area contributed by atoms with Crippen LogP contribution in [0.5, 0.6) is 0 Å². The quantitative estimate of drug-likeness (QED) is 0.318. The highest BCUT2D eigenvalue weighted by atomic mass is 16.5. The van der Waals surface area contributed by atoms with Gasteiger partial charge in [0.25, 0.3) is 0 Å². The largest absolute Gasteiger partial charge is 0.394 e. The number of rotatable bonds is 2. The molecule has 0 bridgehead atoms. The van der Waals surface area contributed by atoms with E-state index in [0.717, 1.165) is 13.5 Å². The van der Waals surface area contributed by atoms with Crippen LogP contribution in [0.3, 0.4) is 0 Å². The van der Waals surface area contributed by atoms with Crippen LogP contribution < -0.4 is 5.32 Å². The summed E-state index contributed by atoms with van der Waals surface area (Å²) in [5.41, 5.74) is -2.14. The lowest BCUT2D eigenvalue weighted by molar-refractivity contribution is -0.222. The Balaban J connectivity index is 2.74. The maximum atomic E-state index is 10.7. The summed E-state index contributed by atoms with van der Waals surface area (Å²) in [6.45, 7) is 1.42. The monoisotopic (exact) mass is 220 g/mol. The zero-order valence-electron chi connectivity index (χ0n) is 8.12. The van der Waals surface area contributed by atoms with E-state index >= 15 is 0 Å². The summed E-state index contributed by atoms with van der Waals surface area (Å²) in [5, 5.41) is 39.4. The van der Waals surface area contributed by atoms with E-state index in [9.17, 15) is 20.1 Å². The van der Waals surface area contributed by atoms with Gasteiger partial charge >= 0.3 is 0 Å². The van der Waals surface area contributed by atoms with Crippen molar-refractivity contribution in [3.8, 4) is 0 Å². The highest BCUT2D eigenvalue weighted by Gasteiger charge is 2.49. The van der Waals surface area contributed by atoms with Crippen molar-refractivity contribution in [2.24, 2.45) is 0 Å². The van der Waals surface area contributed by atoms with E-state index in [1.807, 2.05) is 5.32 Å². The summed E-state index contributed by atoms with van der Waals surface area (Å²) in [4.78, 5) is 10.7. The molecule has 1 radical (unpaired) electrons. The van der Waals surface area contributed by atoms with Crippen molar-refractivity contribution in [3.05, 3.63) is 6.61 Å². The predicted octanol–water partition coefficient (Wildman–Crippen LogP) is -2.91. The molecule has 0 saturated carbocycles. The number of ether oxygens (including phenoxy) is 1. The van der Waals surface area contributed by atoms with Crippen molar-refractivity contribution in [2.75, 3.05) is 6.61 Å². The molecule has 1 fully saturated rings. The van der Waals surface area contributed by atoms with Gasteiger partial charge in [-0.2, -0.15) is 0 Å². The van der Waals surface area contributed by atoms with Crippen LogP contribution in [-0.4, -0.2) is 57.0 Å².